The van der Waals surface area contributed by atoms with Crippen molar-refractivity contribution in [2.75, 3.05) is 19.8 Å². The highest BCUT2D eigenvalue weighted by Crippen LogP contribution is 2.15. The summed E-state index contributed by atoms with van der Waals surface area (Å²) in [7, 11) is -3.65. The van der Waals surface area contributed by atoms with E-state index in [0.29, 0.717) is 13.0 Å². The standard InChI is InChI=1S/C16H24O5S/c1-14-7-9-15(10-8-14)22(17,18)21-13-5-4-12-20-16-6-2-3-11-19-16/h7-10,16H,2-6,11-13H2,1H3/t16-/m0/s1. The number of hydrogen-bond donors (Lipinski definition) is 0. The van der Waals surface area contributed by atoms with Crippen molar-refractivity contribution in [1.29, 1.82) is 0 Å². The van der Waals surface area contributed by atoms with Gasteiger partial charge in [0.1, 0.15) is 0 Å². The van der Waals surface area contributed by atoms with Crippen molar-refractivity contribution in [3.63, 3.8) is 0 Å². The van der Waals surface area contributed by atoms with Gasteiger partial charge in [-0.2, -0.15) is 8.42 Å². The number of ether oxygens (including phenoxy) is 2. The Bertz CT molecular complexity index is 532. The highest BCUT2D eigenvalue weighted by molar-refractivity contribution is 7.86. The smallest absolute Gasteiger partial charge is 0.296 e. The van der Waals surface area contributed by atoms with Crippen molar-refractivity contribution in [3.8, 4) is 0 Å². The Morgan fingerprint density at radius 3 is 2.55 bits per heavy atom. The lowest BCUT2D eigenvalue weighted by Gasteiger charge is -2.22. The third kappa shape index (κ3) is 5.68. The van der Waals surface area contributed by atoms with Crippen LogP contribution in [0.5, 0.6) is 0 Å². The summed E-state index contributed by atoms with van der Waals surface area (Å²) in [6.07, 6.45) is 4.48. The second-order valence-electron chi connectivity index (χ2n) is 5.46. The predicted octanol–water partition coefficient (Wildman–Crippen LogP) is 3.02. The summed E-state index contributed by atoms with van der Waals surface area (Å²) >= 11 is 0. The van der Waals surface area contributed by atoms with Gasteiger partial charge in [-0.25, -0.2) is 0 Å². The minimum absolute atomic E-state index is 0.0917. The quantitative estimate of drug-likeness (QED) is 0.542. The molecule has 0 aliphatic carbocycles. The maximum Gasteiger partial charge on any atom is 0.296 e. The molecule has 0 bridgehead atoms. The molecule has 22 heavy (non-hydrogen) atoms. The number of benzene rings is 1. The van der Waals surface area contributed by atoms with Gasteiger partial charge in [-0.05, 0) is 51.2 Å². The van der Waals surface area contributed by atoms with Gasteiger partial charge in [0.25, 0.3) is 10.1 Å². The van der Waals surface area contributed by atoms with Crippen molar-refractivity contribution in [1.82, 2.24) is 0 Å². The highest BCUT2D eigenvalue weighted by Gasteiger charge is 2.15. The summed E-state index contributed by atoms with van der Waals surface area (Å²) in [5, 5.41) is 0. The summed E-state index contributed by atoms with van der Waals surface area (Å²) < 4.78 is 40.0. The monoisotopic (exact) mass is 328 g/mol. The zero-order valence-electron chi connectivity index (χ0n) is 13.0. The van der Waals surface area contributed by atoms with E-state index >= 15 is 0 Å². The number of hydrogen-bond acceptors (Lipinski definition) is 5. The second-order valence-corrected chi connectivity index (χ2v) is 7.08. The Kier molecular flexibility index (Phi) is 6.82. The van der Waals surface area contributed by atoms with Crippen LogP contribution in [0, 0.1) is 6.92 Å². The van der Waals surface area contributed by atoms with Crippen LogP contribution in [-0.4, -0.2) is 34.5 Å². The fourth-order valence-electron chi connectivity index (χ4n) is 2.20. The molecular formula is C16H24O5S. The lowest BCUT2D eigenvalue weighted by atomic mass is 10.2. The minimum Gasteiger partial charge on any atom is -0.353 e. The highest BCUT2D eigenvalue weighted by atomic mass is 32.2. The fraction of sp³-hybridized carbons (Fsp3) is 0.625. The van der Waals surface area contributed by atoms with Crippen LogP contribution in [0.25, 0.3) is 0 Å². The number of aryl methyl sites for hydroxylation is 1. The van der Waals surface area contributed by atoms with Gasteiger partial charge in [-0.3, -0.25) is 4.18 Å². The topological polar surface area (TPSA) is 61.8 Å². The maximum absolute atomic E-state index is 12.0. The van der Waals surface area contributed by atoms with Gasteiger partial charge in [0, 0.05) is 13.2 Å². The molecule has 1 aromatic carbocycles. The Morgan fingerprint density at radius 1 is 1.14 bits per heavy atom. The fourth-order valence-corrected chi connectivity index (χ4v) is 3.15. The van der Waals surface area contributed by atoms with Crippen LogP contribution < -0.4 is 0 Å². The zero-order valence-corrected chi connectivity index (χ0v) is 13.8. The molecule has 0 saturated carbocycles. The maximum atomic E-state index is 12.0. The molecule has 0 amide bonds. The first-order valence-corrected chi connectivity index (χ1v) is 9.18. The third-order valence-corrected chi connectivity index (χ3v) is 4.85. The molecule has 1 aliphatic rings. The molecule has 0 N–H and O–H groups in total. The first-order chi connectivity index (χ1) is 10.6. The molecule has 6 heteroatoms. The van der Waals surface area contributed by atoms with Gasteiger partial charge in [-0.1, -0.05) is 17.7 Å². The van der Waals surface area contributed by atoms with Crippen molar-refractivity contribution in [2.45, 2.75) is 50.2 Å². The predicted molar refractivity (Wildman–Crippen MR) is 83.1 cm³/mol. The zero-order chi connectivity index (χ0) is 15.8. The van der Waals surface area contributed by atoms with E-state index < -0.39 is 10.1 Å². The summed E-state index contributed by atoms with van der Waals surface area (Å²) in [5.41, 5.74) is 1.01. The summed E-state index contributed by atoms with van der Waals surface area (Å²) in [4.78, 5) is 0.199. The molecule has 2 rings (SSSR count). The lowest BCUT2D eigenvalue weighted by molar-refractivity contribution is -0.162. The SMILES string of the molecule is Cc1ccc(S(=O)(=O)OCCCCO[C@H]2CCCCO2)cc1. The molecule has 0 aromatic heterocycles. The third-order valence-electron chi connectivity index (χ3n) is 3.53. The summed E-state index contributed by atoms with van der Waals surface area (Å²) in [6, 6.07) is 6.64. The van der Waals surface area contributed by atoms with E-state index in [0.717, 1.165) is 37.9 Å². The average molecular weight is 328 g/mol. The van der Waals surface area contributed by atoms with Gasteiger partial charge in [-0.15, -0.1) is 0 Å². The number of unbranched alkanes of at least 4 members (excludes halogenated alkanes) is 1. The van der Waals surface area contributed by atoms with Crippen LogP contribution in [0.4, 0.5) is 0 Å². The van der Waals surface area contributed by atoms with Crippen LogP contribution in [0.2, 0.25) is 0 Å². The average Bonchev–Trinajstić information content (AvgIpc) is 2.52. The Labute approximate surface area is 132 Å². The van der Waals surface area contributed by atoms with Crippen LogP contribution in [-0.2, 0) is 23.8 Å². The molecule has 0 unspecified atom stereocenters. The minimum atomic E-state index is -3.65. The molecule has 5 nitrogen and oxygen atoms in total. The van der Waals surface area contributed by atoms with E-state index in [1.807, 2.05) is 6.92 Å². The van der Waals surface area contributed by atoms with Crippen molar-refractivity contribution in [2.24, 2.45) is 0 Å². The Hall–Kier alpha value is -0.950. The van der Waals surface area contributed by atoms with Crippen LogP contribution in [0.15, 0.2) is 29.2 Å². The van der Waals surface area contributed by atoms with E-state index in [2.05, 4.69) is 0 Å². The van der Waals surface area contributed by atoms with Gasteiger partial charge in [0.05, 0.1) is 11.5 Å². The van der Waals surface area contributed by atoms with E-state index in [1.165, 1.54) is 0 Å². The van der Waals surface area contributed by atoms with Crippen LogP contribution in [0.1, 0.15) is 37.7 Å². The molecule has 1 fully saturated rings. The normalized spacial score (nSPS) is 19.2. The Balaban J connectivity index is 1.62. The van der Waals surface area contributed by atoms with E-state index in [9.17, 15) is 8.42 Å². The largest absolute Gasteiger partial charge is 0.353 e. The van der Waals surface area contributed by atoms with Gasteiger partial charge in [0.15, 0.2) is 6.29 Å². The molecule has 1 aromatic rings. The van der Waals surface area contributed by atoms with Crippen molar-refractivity contribution >= 4 is 10.1 Å². The number of rotatable bonds is 8. The Morgan fingerprint density at radius 2 is 1.86 bits per heavy atom. The van der Waals surface area contributed by atoms with E-state index in [4.69, 9.17) is 13.7 Å². The van der Waals surface area contributed by atoms with Gasteiger partial charge >= 0.3 is 0 Å². The molecule has 1 heterocycles. The second kappa shape index (κ2) is 8.62. The molecule has 0 radical (unpaired) electrons. The molecular weight excluding hydrogens is 304 g/mol. The molecule has 1 saturated heterocycles. The molecule has 0 spiro atoms. The van der Waals surface area contributed by atoms with Gasteiger partial charge < -0.3 is 9.47 Å². The van der Waals surface area contributed by atoms with Crippen LogP contribution in [0.3, 0.4) is 0 Å². The summed E-state index contributed by atoms with van der Waals surface area (Å²) in [6.45, 7) is 3.42. The van der Waals surface area contributed by atoms with E-state index in [1.54, 1.807) is 24.3 Å². The van der Waals surface area contributed by atoms with Crippen LogP contribution >= 0.6 is 0 Å². The van der Waals surface area contributed by atoms with E-state index in [-0.39, 0.29) is 17.8 Å². The van der Waals surface area contributed by atoms with Crippen molar-refractivity contribution < 1.29 is 22.1 Å². The molecule has 1 aliphatic heterocycles. The molecule has 1 atom stereocenters. The molecule has 124 valence electrons. The first kappa shape index (κ1) is 17.4. The van der Waals surface area contributed by atoms with Gasteiger partial charge in [0.2, 0.25) is 0 Å². The first-order valence-electron chi connectivity index (χ1n) is 7.77. The summed E-state index contributed by atoms with van der Waals surface area (Å²) in [5.74, 6) is 0. The van der Waals surface area contributed by atoms with Crippen molar-refractivity contribution in [3.05, 3.63) is 29.8 Å². The lowest BCUT2D eigenvalue weighted by Crippen LogP contribution is -2.22.